The van der Waals surface area contributed by atoms with Crippen molar-refractivity contribution >= 4 is 27.9 Å². The van der Waals surface area contributed by atoms with Crippen molar-refractivity contribution in [3.8, 4) is 0 Å². The van der Waals surface area contributed by atoms with Crippen LogP contribution in [0, 0.1) is 0 Å². The molecule has 0 atom stereocenters. The fraction of sp³-hybridized carbons (Fsp3) is 0.381. The lowest BCUT2D eigenvalue weighted by Crippen LogP contribution is -2.23. The molecule has 0 bridgehead atoms. The van der Waals surface area contributed by atoms with Crippen LogP contribution in [-0.2, 0) is 5.41 Å². The van der Waals surface area contributed by atoms with E-state index in [2.05, 4.69) is 37.9 Å². The Morgan fingerprint density at radius 2 is 1.89 bits per heavy atom. The van der Waals surface area contributed by atoms with Gasteiger partial charge in [0.2, 0.25) is 0 Å². The van der Waals surface area contributed by atoms with Crippen LogP contribution in [0.1, 0.15) is 44.0 Å². The minimum absolute atomic E-state index is 0.0449. The first kappa shape index (κ1) is 21.1. The lowest BCUT2D eigenvalue weighted by Gasteiger charge is -2.36. The molecule has 0 unspecified atom stereocenters. The molecule has 2 aromatic rings. The predicted octanol–water partition coefficient (Wildman–Crippen LogP) is 5.13. The molecule has 0 spiro atoms. The smallest absolute Gasteiger partial charge is 0.267 e. The summed E-state index contributed by atoms with van der Waals surface area (Å²) in [7, 11) is -2.69. The molecule has 1 aliphatic heterocycles. The molecule has 0 saturated carbocycles. The molecule has 2 heterocycles. The number of hydrogen-bond acceptors (Lipinski definition) is 4. The van der Waals surface area contributed by atoms with Crippen molar-refractivity contribution in [3.05, 3.63) is 74.7 Å². The first-order valence-electron chi connectivity index (χ1n) is 9.29. The highest BCUT2D eigenvalue weighted by Crippen LogP contribution is 2.48. The Morgan fingerprint density at radius 1 is 1.21 bits per heavy atom. The lowest BCUT2D eigenvalue weighted by atomic mass is 9.86. The first-order valence-corrected chi connectivity index (χ1v) is 11.3. The summed E-state index contributed by atoms with van der Waals surface area (Å²) in [5.41, 5.74) is 3.34. The zero-order valence-corrected chi connectivity index (χ0v) is 18.0. The van der Waals surface area contributed by atoms with Crippen molar-refractivity contribution in [3.63, 3.8) is 0 Å². The predicted molar refractivity (Wildman–Crippen MR) is 118 cm³/mol. The highest BCUT2D eigenvalue weighted by Gasteiger charge is 2.28. The zero-order chi connectivity index (χ0) is 20.5. The van der Waals surface area contributed by atoms with E-state index in [9.17, 15) is 13.9 Å². The number of pyridine rings is 1. The summed E-state index contributed by atoms with van der Waals surface area (Å²) in [5, 5.41) is 0.139. The Kier molecular flexibility index (Phi) is 6.08. The maximum atomic E-state index is 12.0. The molecule has 28 heavy (non-hydrogen) atoms. The van der Waals surface area contributed by atoms with Gasteiger partial charge in [-0.2, -0.15) is 0 Å². The Balaban J connectivity index is 2.00. The highest BCUT2D eigenvalue weighted by atomic mass is 35.5. The van der Waals surface area contributed by atoms with Crippen LogP contribution in [-0.4, -0.2) is 37.2 Å². The molecule has 1 saturated heterocycles. The fourth-order valence-electron chi connectivity index (χ4n) is 3.26. The van der Waals surface area contributed by atoms with Crippen LogP contribution < -0.4 is 5.56 Å². The molecule has 0 amide bonds. The third-order valence-corrected chi connectivity index (χ3v) is 7.24. The van der Waals surface area contributed by atoms with E-state index in [1.54, 1.807) is 16.4 Å². The molecule has 1 aliphatic rings. The Morgan fingerprint density at radius 3 is 2.43 bits per heavy atom. The van der Waals surface area contributed by atoms with E-state index in [1.165, 1.54) is 5.56 Å². The normalized spacial score (nSPS) is 19.0. The molecular weight excluding hydrogens is 396 g/mol. The highest BCUT2D eigenvalue weighted by molar-refractivity contribution is 8.22. The van der Waals surface area contributed by atoms with Crippen LogP contribution in [0.5, 0.6) is 0 Å². The lowest BCUT2D eigenvalue weighted by molar-refractivity contribution is 0.398. The van der Waals surface area contributed by atoms with Gasteiger partial charge in [0.05, 0.1) is 5.75 Å². The second kappa shape index (κ2) is 8.05. The summed E-state index contributed by atoms with van der Waals surface area (Å²) in [6.07, 6.45) is 2.70. The van der Waals surface area contributed by atoms with Gasteiger partial charge in [0.15, 0.2) is 0 Å². The van der Waals surface area contributed by atoms with Crippen molar-refractivity contribution < 1.29 is 9.11 Å². The van der Waals surface area contributed by atoms with Crippen LogP contribution in [0.2, 0.25) is 5.02 Å². The van der Waals surface area contributed by atoms with Gasteiger partial charge in [-0.05, 0) is 35.1 Å². The van der Waals surface area contributed by atoms with E-state index >= 15 is 0 Å². The van der Waals surface area contributed by atoms with Gasteiger partial charge in [-0.25, -0.2) is 4.31 Å². The third-order valence-electron chi connectivity index (χ3n) is 4.95. The van der Waals surface area contributed by atoms with Crippen molar-refractivity contribution in [2.24, 2.45) is 0 Å². The third kappa shape index (κ3) is 4.70. The van der Waals surface area contributed by atoms with Gasteiger partial charge in [0.25, 0.3) is 5.56 Å². The van der Waals surface area contributed by atoms with Gasteiger partial charge in [-0.15, -0.1) is 10.8 Å². The van der Waals surface area contributed by atoms with Gasteiger partial charge in [-0.3, -0.25) is 13.9 Å². The maximum absolute atomic E-state index is 12.0. The monoisotopic (exact) mass is 422 g/mol. The van der Waals surface area contributed by atoms with Crippen LogP contribution >= 0.6 is 22.4 Å². The second-order valence-corrected chi connectivity index (χ2v) is 10.7. The van der Waals surface area contributed by atoms with Crippen molar-refractivity contribution in [1.82, 2.24) is 9.29 Å². The van der Waals surface area contributed by atoms with E-state index in [0.29, 0.717) is 24.5 Å². The largest absolute Gasteiger partial charge is 0.321 e. The molecule has 1 aromatic heterocycles. The van der Waals surface area contributed by atoms with E-state index in [4.69, 9.17) is 11.6 Å². The van der Waals surface area contributed by atoms with Crippen LogP contribution in [0.15, 0.2) is 47.3 Å². The molecule has 152 valence electrons. The zero-order valence-electron chi connectivity index (χ0n) is 16.4. The van der Waals surface area contributed by atoms with E-state index in [0.717, 1.165) is 17.6 Å². The second-order valence-electron chi connectivity index (χ2n) is 8.07. The molecule has 3 rings (SSSR count). The summed E-state index contributed by atoms with van der Waals surface area (Å²) in [5.74, 6) is 0.411. The minimum atomic E-state index is -2.69. The van der Waals surface area contributed by atoms with Crippen molar-refractivity contribution in [2.45, 2.75) is 32.6 Å². The summed E-state index contributed by atoms with van der Waals surface area (Å²) < 4.78 is 22.0. The molecule has 1 fully saturated rings. The van der Waals surface area contributed by atoms with E-state index in [-0.39, 0.29) is 16.0 Å². The molecule has 0 aliphatic carbocycles. The molecule has 3 N–H and O–H groups in total. The SMILES string of the molecule is CC(C)(C)c1ccc(C(=CCN2CCCS2(O)O)c2ccc(Cl)c(=O)[nH]2)cc1. The number of aromatic nitrogens is 1. The first-order chi connectivity index (χ1) is 13.1. The fourth-order valence-corrected chi connectivity index (χ4v) is 4.88. The number of nitrogens with zero attached hydrogens (tertiary/aromatic N) is 1. The number of rotatable bonds is 4. The Hall–Kier alpha value is -1.57. The number of hydrogen-bond donors (Lipinski definition) is 3. The summed E-state index contributed by atoms with van der Waals surface area (Å²) >= 11 is 5.89. The average Bonchev–Trinajstić information content (AvgIpc) is 2.96. The van der Waals surface area contributed by atoms with Gasteiger partial charge in [0.1, 0.15) is 5.02 Å². The molecule has 7 heteroatoms. The number of benzene rings is 1. The van der Waals surface area contributed by atoms with Gasteiger partial charge < -0.3 is 4.98 Å². The standard InChI is InChI=1S/C21H27ClN2O3S/c1-21(2,3)16-7-5-15(6-8-16)17(19-10-9-18(22)20(25)23-19)11-13-24-12-4-14-28(24,26)27/h5-11,26-27H,4,12-14H2,1-3H3,(H,23,25). The van der Waals surface area contributed by atoms with Gasteiger partial charge in [0, 0.05) is 24.4 Å². The molecule has 0 radical (unpaired) electrons. The number of halogens is 1. The molecule has 1 aromatic carbocycles. The Bertz CT molecular complexity index is 930. The topological polar surface area (TPSA) is 76.6 Å². The molecule has 5 nitrogen and oxygen atoms in total. The van der Waals surface area contributed by atoms with Gasteiger partial charge >= 0.3 is 0 Å². The maximum Gasteiger partial charge on any atom is 0.267 e. The van der Waals surface area contributed by atoms with Crippen molar-refractivity contribution in [1.29, 1.82) is 0 Å². The van der Waals surface area contributed by atoms with E-state index in [1.807, 2.05) is 18.2 Å². The van der Waals surface area contributed by atoms with Crippen LogP contribution in [0.4, 0.5) is 0 Å². The average molecular weight is 423 g/mol. The van der Waals surface area contributed by atoms with E-state index < -0.39 is 10.8 Å². The van der Waals surface area contributed by atoms with Crippen LogP contribution in [0.3, 0.4) is 0 Å². The Labute approximate surface area is 172 Å². The number of aromatic amines is 1. The minimum Gasteiger partial charge on any atom is -0.321 e. The summed E-state index contributed by atoms with van der Waals surface area (Å²) in [4.78, 5) is 14.8. The summed E-state index contributed by atoms with van der Waals surface area (Å²) in [6.45, 7) is 7.52. The van der Waals surface area contributed by atoms with Gasteiger partial charge in [-0.1, -0.05) is 62.7 Å². The van der Waals surface area contributed by atoms with Crippen molar-refractivity contribution in [2.75, 3.05) is 18.8 Å². The summed E-state index contributed by atoms with van der Waals surface area (Å²) in [6, 6.07) is 11.6. The quantitative estimate of drug-likeness (QED) is 0.638. The molecular formula is C21H27ClN2O3S. The number of nitrogens with one attached hydrogen (secondary N) is 1. The van der Waals surface area contributed by atoms with Crippen LogP contribution in [0.25, 0.3) is 5.57 Å². The number of H-pyrrole nitrogens is 1.